The third kappa shape index (κ3) is 1.43. The van der Waals surface area contributed by atoms with Crippen molar-refractivity contribution in [3.05, 3.63) is 11.1 Å². The molecule has 2 aliphatic rings. The lowest BCUT2D eigenvalue weighted by Gasteiger charge is -2.43. The maximum atomic E-state index is 9.77. The summed E-state index contributed by atoms with van der Waals surface area (Å²) in [6.07, 6.45) is 7.32. The molecule has 0 unspecified atom stereocenters. The Kier molecular flexibility index (Phi) is 2.23. The van der Waals surface area contributed by atoms with Crippen LogP contribution in [-0.2, 0) is 0 Å². The lowest BCUT2D eigenvalue weighted by Crippen LogP contribution is -2.32. The van der Waals surface area contributed by atoms with Crippen LogP contribution in [0.3, 0.4) is 0 Å². The zero-order chi connectivity index (χ0) is 9.47. The summed E-state index contributed by atoms with van der Waals surface area (Å²) in [5, 5.41) is 9.77. The van der Waals surface area contributed by atoms with Crippen molar-refractivity contribution in [1.82, 2.24) is 0 Å². The molecule has 0 radical (unpaired) electrons. The highest BCUT2D eigenvalue weighted by Crippen LogP contribution is 2.49. The molecule has 0 saturated heterocycles. The minimum absolute atomic E-state index is 0.138. The van der Waals surface area contributed by atoms with E-state index in [1.54, 1.807) is 5.57 Å². The Labute approximate surface area is 80.8 Å². The molecular formula is C12H20O. The van der Waals surface area contributed by atoms with Crippen molar-refractivity contribution in [3.8, 4) is 0 Å². The normalized spacial score (nSPS) is 40.4. The Morgan fingerprint density at radius 3 is 2.85 bits per heavy atom. The lowest BCUT2D eigenvalue weighted by molar-refractivity contribution is 0.139. The van der Waals surface area contributed by atoms with Gasteiger partial charge in [0.05, 0.1) is 6.10 Å². The van der Waals surface area contributed by atoms with E-state index < -0.39 is 0 Å². The van der Waals surface area contributed by atoms with E-state index in [9.17, 15) is 5.11 Å². The van der Waals surface area contributed by atoms with Gasteiger partial charge in [-0.1, -0.05) is 18.9 Å². The molecule has 0 aromatic rings. The summed E-state index contributed by atoms with van der Waals surface area (Å²) in [7, 11) is 0. The molecule has 1 nitrogen and oxygen atoms in total. The molecule has 2 atom stereocenters. The van der Waals surface area contributed by atoms with Crippen molar-refractivity contribution in [2.24, 2.45) is 5.41 Å². The molecule has 0 bridgehead atoms. The maximum absolute atomic E-state index is 9.77. The van der Waals surface area contributed by atoms with Gasteiger partial charge in [0, 0.05) is 0 Å². The highest BCUT2D eigenvalue weighted by atomic mass is 16.3. The Bertz CT molecular complexity index is 242. The van der Waals surface area contributed by atoms with E-state index in [-0.39, 0.29) is 6.10 Å². The van der Waals surface area contributed by atoms with E-state index in [1.807, 2.05) is 0 Å². The van der Waals surface area contributed by atoms with Gasteiger partial charge in [0.25, 0.3) is 0 Å². The van der Waals surface area contributed by atoms with Gasteiger partial charge in [0.2, 0.25) is 0 Å². The Morgan fingerprint density at radius 1 is 1.31 bits per heavy atom. The number of hydrogen-bond donors (Lipinski definition) is 1. The van der Waals surface area contributed by atoms with Crippen LogP contribution in [-0.4, -0.2) is 11.2 Å². The molecule has 1 saturated carbocycles. The van der Waals surface area contributed by atoms with Gasteiger partial charge in [-0.3, -0.25) is 0 Å². The van der Waals surface area contributed by atoms with Crippen LogP contribution in [0, 0.1) is 5.41 Å². The SMILES string of the molecule is CC1=C2CCCC[C@@]2(C)CC[C@@H]1O. The average molecular weight is 180 g/mol. The first-order valence-corrected chi connectivity index (χ1v) is 5.52. The quantitative estimate of drug-likeness (QED) is 0.568. The number of hydrogen-bond acceptors (Lipinski definition) is 1. The standard InChI is InChI=1S/C12H20O/c1-9-10-5-3-4-7-12(10,2)8-6-11(9)13/h11,13H,3-8H2,1-2H3/t11-,12-/m0/s1. The second-order valence-electron chi connectivity index (χ2n) is 4.98. The van der Waals surface area contributed by atoms with Crippen LogP contribution in [0.4, 0.5) is 0 Å². The molecule has 2 aliphatic carbocycles. The van der Waals surface area contributed by atoms with Crippen molar-refractivity contribution >= 4 is 0 Å². The Morgan fingerprint density at radius 2 is 2.08 bits per heavy atom. The van der Waals surface area contributed by atoms with Gasteiger partial charge in [0.15, 0.2) is 0 Å². The number of aliphatic hydroxyl groups excluding tert-OH is 1. The second-order valence-corrected chi connectivity index (χ2v) is 4.98. The summed E-state index contributed by atoms with van der Waals surface area (Å²) in [6, 6.07) is 0. The summed E-state index contributed by atoms with van der Waals surface area (Å²) in [6.45, 7) is 4.51. The minimum atomic E-state index is -0.138. The molecule has 0 aromatic heterocycles. The molecule has 0 aliphatic heterocycles. The predicted octanol–water partition coefficient (Wildman–Crippen LogP) is 3.04. The molecule has 0 amide bonds. The van der Waals surface area contributed by atoms with E-state index in [0.29, 0.717) is 5.41 Å². The smallest absolute Gasteiger partial charge is 0.0750 e. The fourth-order valence-electron chi connectivity index (χ4n) is 3.09. The molecule has 1 fully saturated rings. The molecule has 0 spiro atoms. The van der Waals surface area contributed by atoms with Crippen LogP contribution in [0.5, 0.6) is 0 Å². The van der Waals surface area contributed by atoms with E-state index in [0.717, 1.165) is 6.42 Å². The summed E-state index contributed by atoms with van der Waals surface area (Å²) in [5.41, 5.74) is 3.31. The molecular weight excluding hydrogens is 160 g/mol. The van der Waals surface area contributed by atoms with Gasteiger partial charge in [-0.25, -0.2) is 0 Å². The molecule has 74 valence electrons. The fraction of sp³-hybridized carbons (Fsp3) is 0.833. The van der Waals surface area contributed by atoms with Gasteiger partial charge in [-0.15, -0.1) is 0 Å². The van der Waals surface area contributed by atoms with E-state index in [2.05, 4.69) is 13.8 Å². The van der Waals surface area contributed by atoms with Crippen LogP contribution in [0.15, 0.2) is 11.1 Å². The number of allylic oxidation sites excluding steroid dienone is 1. The van der Waals surface area contributed by atoms with Gasteiger partial charge in [-0.05, 0) is 50.0 Å². The summed E-state index contributed by atoms with van der Waals surface area (Å²) in [4.78, 5) is 0. The first-order valence-electron chi connectivity index (χ1n) is 5.52. The van der Waals surface area contributed by atoms with Gasteiger partial charge >= 0.3 is 0 Å². The minimum Gasteiger partial charge on any atom is -0.389 e. The summed E-state index contributed by atoms with van der Waals surface area (Å²) in [5.74, 6) is 0. The van der Waals surface area contributed by atoms with Crippen LogP contribution in [0.2, 0.25) is 0 Å². The predicted molar refractivity (Wildman–Crippen MR) is 54.5 cm³/mol. The van der Waals surface area contributed by atoms with Crippen LogP contribution in [0.1, 0.15) is 52.4 Å². The van der Waals surface area contributed by atoms with Gasteiger partial charge < -0.3 is 5.11 Å². The largest absolute Gasteiger partial charge is 0.389 e. The zero-order valence-electron chi connectivity index (χ0n) is 8.77. The third-order valence-corrected chi connectivity index (χ3v) is 4.08. The number of aliphatic hydroxyl groups is 1. The van der Waals surface area contributed by atoms with Crippen molar-refractivity contribution in [2.75, 3.05) is 0 Å². The molecule has 0 aromatic carbocycles. The van der Waals surface area contributed by atoms with Crippen molar-refractivity contribution in [1.29, 1.82) is 0 Å². The summed E-state index contributed by atoms with van der Waals surface area (Å²) < 4.78 is 0. The molecule has 1 N–H and O–H groups in total. The Hall–Kier alpha value is -0.300. The van der Waals surface area contributed by atoms with Crippen LogP contribution in [0.25, 0.3) is 0 Å². The first kappa shape index (κ1) is 9.26. The van der Waals surface area contributed by atoms with Crippen molar-refractivity contribution in [3.63, 3.8) is 0 Å². The highest BCUT2D eigenvalue weighted by Gasteiger charge is 2.37. The fourth-order valence-corrected chi connectivity index (χ4v) is 3.09. The Balaban J connectivity index is 2.35. The number of rotatable bonds is 0. The third-order valence-electron chi connectivity index (χ3n) is 4.08. The van der Waals surface area contributed by atoms with Gasteiger partial charge in [-0.2, -0.15) is 0 Å². The summed E-state index contributed by atoms with van der Waals surface area (Å²) >= 11 is 0. The monoisotopic (exact) mass is 180 g/mol. The second kappa shape index (κ2) is 3.13. The molecule has 13 heavy (non-hydrogen) atoms. The van der Waals surface area contributed by atoms with E-state index in [4.69, 9.17) is 0 Å². The molecule has 0 heterocycles. The van der Waals surface area contributed by atoms with E-state index >= 15 is 0 Å². The van der Waals surface area contributed by atoms with Crippen molar-refractivity contribution < 1.29 is 5.11 Å². The average Bonchev–Trinajstić information content (AvgIpc) is 2.12. The van der Waals surface area contributed by atoms with E-state index in [1.165, 1.54) is 37.7 Å². The topological polar surface area (TPSA) is 20.2 Å². The zero-order valence-corrected chi connectivity index (χ0v) is 8.77. The number of fused-ring (bicyclic) bond motifs is 1. The molecule has 2 rings (SSSR count). The van der Waals surface area contributed by atoms with Crippen LogP contribution >= 0.6 is 0 Å². The van der Waals surface area contributed by atoms with Crippen LogP contribution < -0.4 is 0 Å². The maximum Gasteiger partial charge on any atom is 0.0750 e. The van der Waals surface area contributed by atoms with Gasteiger partial charge in [0.1, 0.15) is 0 Å². The molecule has 1 heteroatoms. The lowest BCUT2D eigenvalue weighted by atomic mass is 9.63. The first-order chi connectivity index (χ1) is 6.13. The van der Waals surface area contributed by atoms with Crippen molar-refractivity contribution in [2.45, 2.75) is 58.5 Å². The highest BCUT2D eigenvalue weighted by molar-refractivity contribution is 5.27.